The van der Waals surface area contributed by atoms with Crippen molar-refractivity contribution < 1.29 is 14.5 Å². The van der Waals surface area contributed by atoms with Gasteiger partial charge in [0.25, 0.3) is 5.91 Å². The highest BCUT2D eigenvalue weighted by Crippen LogP contribution is 2.46. The van der Waals surface area contributed by atoms with Gasteiger partial charge in [-0.3, -0.25) is 14.9 Å². The van der Waals surface area contributed by atoms with Crippen LogP contribution in [-0.4, -0.2) is 17.9 Å². The minimum absolute atomic E-state index is 0.117. The molecule has 29 heavy (non-hydrogen) atoms. The average Bonchev–Trinajstić information content (AvgIpc) is 3.04. The van der Waals surface area contributed by atoms with Crippen molar-refractivity contribution in [2.45, 2.75) is 46.2 Å². The second kappa shape index (κ2) is 7.02. The first-order chi connectivity index (χ1) is 13.7. The molecule has 0 saturated carbocycles. The fourth-order valence-corrected chi connectivity index (χ4v) is 5.59. The van der Waals surface area contributed by atoms with E-state index in [1.54, 1.807) is 23.5 Å². The molecule has 1 aromatic carbocycles. The first kappa shape index (κ1) is 19.7. The number of anilines is 1. The minimum Gasteiger partial charge on any atom is -0.490 e. The highest BCUT2D eigenvalue weighted by molar-refractivity contribution is 7.16. The van der Waals surface area contributed by atoms with Crippen molar-refractivity contribution in [3.05, 3.63) is 49.9 Å². The number of thiophene rings is 1. The molecule has 2 atom stereocenters. The number of nitrogens with zero attached hydrogens (tertiary/aromatic N) is 1. The van der Waals surface area contributed by atoms with Crippen molar-refractivity contribution in [1.29, 1.82) is 0 Å². The van der Waals surface area contributed by atoms with Crippen molar-refractivity contribution in [2.24, 2.45) is 11.3 Å². The summed E-state index contributed by atoms with van der Waals surface area (Å²) < 4.78 is 5.07. The van der Waals surface area contributed by atoms with Crippen molar-refractivity contribution in [3.63, 3.8) is 0 Å². The number of rotatable bonds is 3. The normalized spacial score (nSPS) is 20.9. The second-order valence-corrected chi connectivity index (χ2v) is 9.86. The number of hydrogen-bond donors (Lipinski definition) is 2. The molecule has 1 aromatic heterocycles. The predicted octanol–water partition coefficient (Wildman–Crippen LogP) is 4.67. The van der Waals surface area contributed by atoms with Gasteiger partial charge in [-0.25, -0.2) is 0 Å². The van der Waals surface area contributed by atoms with Gasteiger partial charge in [-0.05, 0) is 42.2 Å². The van der Waals surface area contributed by atoms with E-state index in [2.05, 4.69) is 31.4 Å². The van der Waals surface area contributed by atoms with Gasteiger partial charge in [0.05, 0.1) is 17.6 Å². The molecule has 1 aliphatic carbocycles. The summed E-state index contributed by atoms with van der Waals surface area (Å²) in [5, 5.41) is 18.5. The van der Waals surface area contributed by atoms with Crippen LogP contribution in [0, 0.1) is 21.4 Å². The van der Waals surface area contributed by atoms with E-state index in [0.29, 0.717) is 11.5 Å². The van der Waals surface area contributed by atoms with E-state index in [1.165, 1.54) is 18.1 Å². The highest BCUT2D eigenvalue weighted by atomic mass is 32.1. The lowest BCUT2D eigenvalue weighted by Crippen LogP contribution is -2.38. The lowest BCUT2D eigenvalue weighted by atomic mass is 9.72. The Morgan fingerprint density at radius 3 is 2.69 bits per heavy atom. The van der Waals surface area contributed by atoms with E-state index in [0.717, 1.165) is 35.4 Å². The first-order valence-corrected chi connectivity index (χ1v) is 10.5. The maximum Gasteiger partial charge on any atom is 0.311 e. The molecule has 7 nitrogen and oxygen atoms in total. The van der Waals surface area contributed by atoms with Crippen LogP contribution in [0.1, 0.15) is 59.7 Å². The Morgan fingerprint density at radius 1 is 1.28 bits per heavy atom. The fraction of sp³-hybridized carbons (Fsp3) is 0.476. The minimum atomic E-state index is -0.516. The topological polar surface area (TPSA) is 93.5 Å². The van der Waals surface area contributed by atoms with Crippen LogP contribution in [0.25, 0.3) is 0 Å². The van der Waals surface area contributed by atoms with Crippen LogP contribution >= 0.6 is 11.3 Å². The molecule has 1 amide bonds. The number of methoxy groups -OCH3 is 1. The molecule has 4 rings (SSSR count). The molecule has 2 aromatic rings. The molecule has 2 aliphatic rings. The van der Waals surface area contributed by atoms with Gasteiger partial charge in [0, 0.05) is 16.5 Å². The van der Waals surface area contributed by atoms with Crippen LogP contribution in [-0.2, 0) is 12.8 Å². The monoisotopic (exact) mass is 415 g/mol. The van der Waals surface area contributed by atoms with E-state index in [4.69, 9.17) is 4.74 Å². The summed E-state index contributed by atoms with van der Waals surface area (Å²) in [6.45, 7) is 6.81. The number of ether oxygens (including phenoxy) is 1. The Balaban J connectivity index is 1.65. The summed E-state index contributed by atoms with van der Waals surface area (Å²) >= 11 is 1.65. The molecule has 0 saturated heterocycles. The van der Waals surface area contributed by atoms with Gasteiger partial charge in [-0.15, -0.1) is 11.3 Å². The van der Waals surface area contributed by atoms with Crippen molar-refractivity contribution in [3.8, 4) is 5.75 Å². The van der Waals surface area contributed by atoms with Crippen LogP contribution in [0.5, 0.6) is 5.75 Å². The van der Waals surface area contributed by atoms with Crippen LogP contribution < -0.4 is 15.4 Å². The number of fused-ring (bicyclic) bond motifs is 3. The Labute approximate surface area is 173 Å². The second-order valence-electron chi connectivity index (χ2n) is 8.75. The number of nitro benzene ring substituents is 1. The van der Waals surface area contributed by atoms with E-state index in [1.807, 2.05) is 0 Å². The number of carbonyl (C=O) groups is 1. The van der Waals surface area contributed by atoms with Gasteiger partial charge in [0.2, 0.25) is 0 Å². The zero-order valence-electron chi connectivity index (χ0n) is 17.0. The third kappa shape index (κ3) is 3.46. The smallest absolute Gasteiger partial charge is 0.311 e. The molecule has 154 valence electrons. The Kier molecular flexibility index (Phi) is 4.77. The van der Waals surface area contributed by atoms with Gasteiger partial charge in [0.1, 0.15) is 11.2 Å². The summed E-state index contributed by atoms with van der Waals surface area (Å²) in [6.07, 6.45) is 2.47. The molecule has 0 fully saturated rings. The maximum atomic E-state index is 12.9. The molecule has 2 unspecified atom stereocenters. The van der Waals surface area contributed by atoms with Crippen molar-refractivity contribution in [2.75, 3.05) is 12.4 Å². The third-order valence-electron chi connectivity index (χ3n) is 6.00. The van der Waals surface area contributed by atoms with Gasteiger partial charge >= 0.3 is 5.69 Å². The molecule has 1 aliphatic heterocycles. The lowest BCUT2D eigenvalue weighted by molar-refractivity contribution is -0.385. The van der Waals surface area contributed by atoms with E-state index >= 15 is 0 Å². The Morgan fingerprint density at radius 2 is 2.03 bits per heavy atom. The van der Waals surface area contributed by atoms with Crippen molar-refractivity contribution >= 4 is 27.9 Å². The number of amides is 1. The zero-order chi connectivity index (χ0) is 20.9. The predicted molar refractivity (Wildman–Crippen MR) is 113 cm³/mol. The number of nitrogens with one attached hydrogen (secondary N) is 2. The van der Waals surface area contributed by atoms with E-state index in [-0.39, 0.29) is 22.8 Å². The quantitative estimate of drug-likeness (QED) is 0.561. The van der Waals surface area contributed by atoms with Gasteiger partial charge in [-0.1, -0.05) is 26.8 Å². The fourth-order valence-electron chi connectivity index (χ4n) is 4.23. The number of hydrogen-bond acceptors (Lipinski definition) is 6. The SMILES string of the molecule is COc1ccc(C2NC(=O)c3c(sc4c3CCC(C(C)(C)C)C4)N2)cc1[N+](=O)[O-]. The molecular weight excluding hydrogens is 390 g/mol. The van der Waals surface area contributed by atoms with Crippen LogP contribution in [0.3, 0.4) is 0 Å². The number of benzene rings is 1. The number of carbonyl (C=O) groups excluding carboxylic acids is 1. The summed E-state index contributed by atoms with van der Waals surface area (Å²) in [4.78, 5) is 25.1. The van der Waals surface area contributed by atoms with Crippen LogP contribution in [0.15, 0.2) is 18.2 Å². The van der Waals surface area contributed by atoms with Gasteiger partial charge in [0.15, 0.2) is 5.75 Å². The van der Waals surface area contributed by atoms with Gasteiger partial charge < -0.3 is 15.4 Å². The Hall–Kier alpha value is -2.61. The zero-order valence-corrected chi connectivity index (χ0v) is 17.8. The molecule has 0 radical (unpaired) electrons. The first-order valence-electron chi connectivity index (χ1n) is 9.73. The Bertz CT molecular complexity index is 993. The number of nitro groups is 1. The standard InChI is InChI=1S/C21H25N3O4S/c1-21(2,3)12-6-7-13-16(10-12)29-20-17(13)19(25)22-18(23-20)11-5-8-15(28-4)14(9-11)24(26)27/h5,8-9,12,18,23H,6-7,10H2,1-4H3,(H,22,25). The van der Waals surface area contributed by atoms with E-state index < -0.39 is 11.1 Å². The summed E-state index contributed by atoms with van der Waals surface area (Å²) in [7, 11) is 1.40. The van der Waals surface area contributed by atoms with Crippen LogP contribution in [0.4, 0.5) is 10.7 Å². The van der Waals surface area contributed by atoms with Gasteiger partial charge in [-0.2, -0.15) is 0 Å². The molecule has 2 N–H and O–H groups in total. The summed E-state index contributed by atoms with van der Waals surface area (Å²) in [5.74, 6) is 0.675. The van der Waals surface area contributed by atoms with Crippen molar-refractivity contribution in [1.82, 2.24) is 5.32 Å². The average molecular weight is 416 g/mol. The highest BCUT2D eigenvalue weighted by Gasteiger charge is 2.36. The molecule has 2 heterocycles. The molecule has 8 heteroatoms. The summed E-state index contributed by atoms with van der Waals surface area (Å²) in [6, 6.07) is 4.74. The molecule has 0 spiro atoms. The summed E-state index contributed by atoms with van der Waals surface area (Å²) in [5.41, 5.74) is 2.65. The van der Waals surface area contributed by atoms with E-state index in [9.17, 15) is 14.9 Å². The largest absolute Gasteiger partial charge is 0.490 e. The maximum absolute atomic E-state index is 12.9. The van der Waals surface area contributed by atoms with Crippen LogP contribution in [0.2, 0.25) is 0 Å². The molecule has 0 bridgehead atoms. The molecular formula is C21H25N3O4S. The lowest BCUT2D eigenvalue weighted by Gasteiger charge is -2.34. The third-order valence-corrected chi connectivity index (χ3v) is 7.19.